The van der Waals surface area contributed by atoms with Crippen molar-refractivity contribution in [1.82, 2.24) is 5.43 Å². The number of amides is 2. The fraction of sp³-hybridized carbons (Fsp3) is 0.105. The maximum absolute atomic E-state index is 11.8. The molecule has 0 aromatic heterocycles. The van der Waals surface area contributed by atoms with E-state index in [4.69, 9.17) is 4.74 Å². The van der Waals surface area contributed by atoms with Crippen LogP contribution < -0.4 is 15.5 Å². The summed E-state index contributed by atoms with van der Waals surface area (Å²) in [6, 6.07) is 16.4. The Hall–Kier alpha value is -3.41. The number of carbonyl (C=O) groups is 2. The first-order valence-corrected chi connectivity index (χ1v) is 7.78. The topological polar surface area (TPSA) is 79.8 Å². The van der Waals surface area contributed by atoms with E-state index < -0.39 is 11.8 Å². The van der Waals surface area contributed by atoms with E-state index in [1.807, 2.05) is 43.3 Å². The van der Waals surface area contributed by atoms with Crippen molar-refractivity contribution in [3.8, 4) is 5.75 Å². The number of ether oxygens (including phenoxy) is 1. The quantitative estimate of drug-likeness (QED) is 0.483. The smallest absolute Gasteiger partial charge is 0.329 e. The molecule has 0 saturated carbocycles. The van der Waals surface area contributed by atoms with Crippen molar-refractivity contribution >= 4 is 29.8 Å². The molecular weight excluding hydrogens is 318 g/mol. The minimum atomic E-state index is -0.849. The van der Waals surface area contributed by atoms with Crippen molar-refractivity contribution in [2.75, 3.05) is 11.9 Å². The third-order valence-corrected chi connectivity index (χ3v) is 3.04. The highest BCUT2D eigenvalue weighted by molar-refractivity contribution is 6.39. The first-order valence-electron chi connectivity index (χ1n) is 7.78. The Morgan fingerprint density at radius 1 is 1.04 bits per heavy atom. The number of nitrogens with one attached hydrogen (secondary N) is 2. The van der Waals surface area contributed by atoms with Gasteiger partial charge in [0.2, 0.25) is 0 Å². The summed E-state index contributed by atoms with van der Waals surface area (Å²) in [5.41, 5.74) is 3.67. The molecule has 128 valence electrons. The Morgan fingerprint density at radius 2 is 1.76 bits per heavy atom. The summed E-state index contributed by atoms with van der Waals surface area (Å²) >= 11 is 0. The number of hydrazone groups is 1. The second-order valence-corrected chi connectivity index (χ2v) is 4.90. The molecule has 6 heteroatoms. The van der Waals surface area contributed by atoms with E-state index in [2.05, 4.69) is 15.8 Å². The molecule has 0 radical (unpaired) electrons. The highest BCUT2D eigenvalue weighted by atomic mass is 16.5. The van der Waals surface area contributed by atoms with Crippen molar-refractivity contribution in [2.24, 2.45) is 5.10 Å². The Labute approximate surface area is 146 Å². The molecule has 0 fully saturated rings. The zero-order chi connectivity index (χ0) is 17.9. The Kier molecular flexibility index (Phi) is 6.94. The third-order valence-electron chi connectivity index (χ3n) is 3.04. The van der Waals surface area contributed by atoms with Gasteiger partial charge in [-0.3, -0.25) is 9.59 Å². The SMILES string of the molecule is CCOc1ccc(NC(=O)C(=O)N/N=C\C=C\c2ccccc2)cc1. The lowest BCUT2D eigenvalue weighted by molar-refractivity contribution is -0.136. The van der Waals surface area contributed by atoms with Gasteiger partial charge < -0.3 is 10.1 Å². The minimum Gasteiger partial charge on any atom is -0.494 e. The van der Waals surface area contributed by atoms with E-state index in [9.17, 15) is 9.59 Å². The Bertz CT molecular complexity index is 753. The van der Waals surface area contributed by atoms with Gasteiger partial charge in [0, 0.05) is 11.9 Å². The van der Waals surface area contributed by atoms with Crippen molar-refractivity contribution in [2.45, 2.75) is 6.92 Å². The lowest BCUT2D eigenvalue weighted by Gasteiger charge is -2.06. The number of carbonyl (C=O) groups excluding carboxylic acids is 2. The number of benzene rings is 2. The van der Waals surface area contributed by atoms with Crippen molar-refractivity contribution in [3.05, 3.63) is 66.2 Å². The molecule has 0 heterocycles. The number of hydrogen-bond donors (Lipinski definition) is 2. The van der Waals surface area contributed by atoms with Gasteiger partial charge in [-0.05, 0) is 42.8 Å². The molecule has 2 amide bonds. The zero-order valence-electron chi connectivity index (χ0n) is 13.8. The predicted octanol–water partition coefficient (Wildman–Crippen LogP) is 2.84. The number of anilines is 1. The fourth-order valence-corrected chi connectivity index (χ4v) is 1.90. The first kappa shape index (κ1) is 17.9. The van der Waals surface area contributed by atoms with Crippen molar-refractivity contribution in [1.29, 1.82) is 0 Å². The molecule has 0 aliphatic rings. The molecule has 0 bridgehead atoms. The normalized spacial score (nSPS) is 10.8. The lowest BCUT2D eigenvalue weighted by Crippen LogP contribution is -2.32. The van der Waals surface area contributed by atoms with E-state index in [0.717, 1.165) is 5.56 Å². The minimum absolute atomic E-state index is 0.497. The molecule has 0 spiro atoms. The molecule has 2 aromatic carbocycles. The summed E-state index contributed by atoms with van der Waals surface area (Å²) in [6.45, 7) is 2.44. The largest absolute Gasteiger partial charge is 0.494 e. The molecule has 0 unspecified atom stereocenters. The van der Waals surface area contributed by atoms with Gasteiger partial charge in [0.25, 0.3) is 0 Å². The van der Waals surface area contributed by atoms with Gasteiger partial charge in [0.05, 0.1) is 6.61 Å². The number of allylic oxidation sites excluding steroid dienone is 1. The van der Waals surface area contributed by atoms with Crippen LogP contribution in [0.4, 0.5) is 5.69 Å². The highest BCUT2D eigenvalue weighted by Gasteiger charge is 2.12. The van der Waals surface area contributed by atoms with Crippen LogP contribution in [0.15, 0.2) is 65.8 Å². The summed E-state index contributed by atoms with van der Waals surface area (Å²) in [5.74, 6) is -0.952. The van der Waals surface area contributed by atoms with Crippen molar-refractivity contribution < 1.29 is 14.3 Å². The van der Waals surface area contributed by atoms with Gasteiger partial charge in [0.15, 0.2) is 0 Å². The fourth-order valence-electron chi connectivity index (χ4n) is 1.90. The average Bonchev–Trinajstić information content (AvgIpc) is 2.64. The van der Waals surface area contributed by atoms with E-state index in [1.165, 1.54) is 6.21 Å². The van der Waals surface area contributed by atoms with Crippen LogP contribution in [-0.4, -0.2) is 24.6 Å². The van der Waals surface area contributed by atoms with Gasteiger partial charge in [0.1, 0.15) is 5.75 Å². The molecule has 0 aliphatic carbocycles. The number of nitrogens with zero attached hydrogens (tertiary/aromatic N) is 1. The standard InChI is InChI=1S/C19H19N3O3/c1-2-25-17-12-10-16(11-13-17)21-18(23)19(24)22-20-14-6-9-15-7-4-3-5-8-15/h3-14H,2H2,1H3,(H,21,23)(H,22,24)/b9-6+,20-14-. The molecule has 0 atom stereocenters. The monoisotopic (exact) mass is 337 g/mol. The van der Waals surface area contributed by atoms with Gasteiger partial charge in [-0.1, -0.05) is 36.4 Å². The van der Waals surface area contributed by atoms with Crippen LogP contribution in [0, 0.1) is 0 Å². The number of rotatable bonds is 6. The second-order valence-electron chi connectivity index (χ2n) is 4.90. The summed E-state index contributed by atoms with van der Waals surface area (Å²) in [7, 11) is 0. The van der Waals surface area contributed by atoms with Crippen LogP contribution in [0.25, 0.3) is 6.08 Å². The molecule has 2 aromatic rings. The number of hydrogen-bond acceptors (Lipinski definition) is 4. The van der Waals surface area contributed by atoms with Crippen LogP contribution in [0.1, 0.15) is 12.5 Å². The molecular formula is C19H19N3O3. The predicted molar refractivity (Wildman–Crippen MR) is 98.4 cm³/mol. The first-order chi connectivity index (χ1) is 12.2. The summed E-state index contributed by atoms with van der Waals surface area (Å²) in [6.07, 6.45) is 4.89. The van der Waals surface area contributed by atoms with Crippen LogP contribution in [0.5, 0.6) is 5.75 Å². The van der Waals surface area contributed by atoms with E-state index in [0.29, 0.717) is 18.0 Å². The van der Waals surface area contributed by atoms with Gasteiger partial charge in [-0.15, -0.1) is 0 Å². The van der Waals surface area contributed by atoms with Gasteiger partial charge >= 0.3 is 11.8 Å². The maximum Gasteiger partial charge on any atom is 0.329 e. The van der Waals surface area contributed by atoms with Crippen LogP contribution in [-0.2, 0) is 9.59 Å². The molecule has 2 N–H and O–H groups in total. The van der Waals surface area contributed by atoms with E-state index in [-0.39, 0.29) is 0 Å². The molecule has 0 saturated heterocycles. The zero-order valence-corrected chi connectivity index (χ0v) is 13.8. The maximum atomic E-state index is 11.8. The average molecular weight is 337 g/mol. The molecule has 2 rings (SSSR count). The Morgan fingerprint density at radius 3 is 2.44 bits per heavy atom. The summed E-state index contributed by atoms with van der Waals surface area (Å²) < 4.78 is 5.30. The summed E-state index contributed by atoms with van der Waals surface area (Å²) in [4.78, 5) is 23.4. The van der Waals surface area contributed by atoms with Crippen LogP contribution in [0.3, 0.4) is 0 Å². The highest BCUT2D eigenvalue weighted by Crippen LogP contribution is 2.15. The van der Waals surface area contributed by atoms with E-state index in [1.54, 1.807) is 30.3 Å². The van der Waals surface area contributed by atoms with E-state index >= 15 is 0 Å². The van der Waals surface area contributed by atoms with Crippen LogP contribution >= 0.6 is 0 Å². The molecule has 0 aliphatic heterocycles. The lowest BCUT2D eigenvalue weighted by atomic mass is 10.2. The summed E-state index contributed by atoms with van der Waals surface area (Å²) in [5, 5.41) is 6.17. The van der Waals surface area contributed by atoms with Gasteiger partial charge in [-0.2, -0.15) is 5.10 Å². The van der Waals surface area contributed by atoms with Gasteiger partial charge in [-0.25, -0.2) is 5.43 Å². The molecule has 6 nitrogen and oxygen atoms in total. The molecule has 25 heavy (non-hydrogen) atoms. The van der Waals surface area contributed by atoms with Crippen LogP contribution in [0.2, 0.25) is 0 Å². The van der Waals surface area contributed by atoms with Crippen molar-refractivity contribution in [3.63, 3.8) is 0 Å². The third kappa shape index (κ3) is 6.31. The second kappa shape index (κ2) is 9.67. The Balaban J connectivity index is 1.78.